The van der Waals surface area contributed by atoms with Crippen molar-refractivity contribution >= 4 is 33.1 Å². The highest BCUT2D eigenvalue weighted by Crippen LogP contribution is 2.39. The van der Waals surface area contributed by atoms with Gasteiger partial charge < -0.3 is 15.0 Å². The van der Waals surface area contributed by atoms with E-state index in [0.29, 0.717) is 0 Å². The molecule has 1 saturated heterocycles. The first-order chi connectivity index (χ1) is 13.3. The summed E-state index contributed by atoms with van der Waals surface area (Å²) < 4.78 is 7.32. The van der Waals surface area contributed by atoms with Crippen molar-refractivity contribution in [3.63, 3.8) is 0 Å². The van der Waals surface area contributed by atoms with Crippen molar-refractivity contribution in [3.8, 4) is 0 Å². The Bertz CT molecular complexity index is 945. The summed E-state index contributed by atoms with van der Waals surface area (Å²) in [6.07, 6.45) is 6.34. The van der Waals surface area contributed by atoms with Gasteiger partial charge in [-0.1, -0.05) is 6.92 Å². The normalized spacial score (nSPS) is 21.0. The van der Waals surface area contributed by atoms with Gasteiger partial charge in [0.15, 0.2) is 5.65 Å². The largest absolute Gasteiger partial charge is 0.370 e. The highest BCUT2D eigenvalue weighted by molar-refractivity contribution is 7.19. The van der Waals surface area contributed by atoms with Crippen LogP contribution in [-0.2, 0) is 17.6 Å². The maximum atomic E-state index is 5.43. The predicted octanol–water partition coefficient (Wildman–Crippen LogP) is 1.18. The summed E-state index contributed by atoms with van der Waals surface area (Å²) in [7, 11) is 0. The van der Waals surface area contributed by atoms with Gasteiger partial charge in [0.2, 0.25) is 5.95 Å². The minimum atomic E-state index is 0.735. The smallest absolute Gasteiger partial charge is 0.227 e. The van der Waals surface area contributed by atoms with E-state index in [-0.39, 0.29) is 0 Å². The van der Waals surface area contributed by atoms with E-state index in [1.165, 1.54) is 35.2 Å². The van der Waals surface area contributed by atoms with Gasteiger partial charge in [0.1, 0.15) is 24.2 Å². The molecule has 0 amide bonds. The molecule has 0 saturated carbocycles. The van der Waals surface area contributed by atoms with Gasteiger partial charge in [-0.15, -0.1) is 11.3 Å². The van der Waals surface area contributed by atoms with Gasteiger partial charge in [0.05, 0.1) is 25.1 Å². The lowest BCUT2D eigenvalue weighted by Gasteiger charge is -2.23. The topological polar surface area (TPSA) is 68.8 Å². The van der Waals surface area contributed by atoms with E-state index in [2.05, 4.69) is 22.3 Å². The van der Waals surface area contributed by atoms with Crippen molar-refractivity contribution in [2.24, 2.45) is 5.92 Å². The molecular weight excluding hydrogens is 360 g/mol. The van der Waals surface area contributed by atoms with Crippen LogP contribution in [0.5, 0.6) is 0 Å². The molecule has 0 unspecified atom stereocenters. The van der Waals surface area contributed by atoms with Gasteiger partial charge in [0, 0.05) is 17.8 Å². The molecule has 8 heteroatoms. The Labute approximate surface area is 162 Å². The van der Waals surface area contributed by atoms with Crippen molar-refractivity contribution in [1.29, 1.82) is 0 Å². The fraction of sp³-hybridized carbons (Fsp3) is 0.632. The third kappa shape index (κ3) is 3.30. The number of hydrogen-bond acceptors (Lipinski definition) is 6. The molecule has 0 aromatic carbocycles. The van der Waals surface area contributed by atoms with Crippen LogP contribution in [0, 0.1) is 5.92 Å². The zero-order chi connectivity index (χ0) is 18.2. The van der Waals surface area contributed by atoms with Gasteiger partial charge in [-0.05, 0) is 30.7 Å². The fourth-order valence-electron chi connectivity index (χ4n) is 4.33. The summed E-state index contributed by atoms with van der Waals surface area (Å²) in [5.41, 5.74) is 2.41. The Morgan fingerprint density at radius 2 is 2.26 bits per heavy atom. The van der Waals surface area contributed by atoms with Crippen molar-refractivity contribution in [2.75, 3.05) is 44.7 Å². The van der Waals surface area contributed by atoms with Crippen LogP contribution in [0.25, 0.3) is 15.9 Å². The Hall–Kier alpha value is -1.77. The molecule has 4 heterocycles. The van der Waals surface area contributed by atoms with Gasteiger partial charge in [-0.2, -0.15) is 9.61 Å². The van der Waals surface area contributed by atoms with E-state index in [1.807, 2.05) is 15.9 Å². The average molecular weight is 388 g/mol. The maximum absolute atomic E-state index is 5.43. The number of rotatable bonds is 5. The number of ether oxygens (including phenoxy) is 1. The van der Waals surface area contributed by atoms with E-state index in [0.717, 1.165) is 68.0 Å². The van der Waals surface area contributed by atoms with Crippen molar-refractivity contribution < 1.29 is 9.64 Å². The van der Waals surface area contributed by atoms with Gasteiger partial charge in [-0.25, -0.2) is 9.97 Å². The number of thiophene rings is 1. The third-order valence-corrected chi connectivity index (χ3v) is 7.04. The van der Waals surface area contributed by atoms with Crippen molar-refractivity contribution in [1.82, 2.24) is 19.6 Å². The van der Waals surface area contributed by atoms with E-state index in [9.17, 15) is 0 Å². The minimum absolute atomic E-state index is 0.735. The summed E-state index contributed by atoms with van der Waals surface area (Å²) >= 11 is 1.85. The van der Waals surface area contributed by atoms with E-state index in [1.54, 1.807) is 11.2 Å². The average Bonchev–Trinajstić information content (AvgIpc) is 3.30. The highest BCUT2D eigenvalue weighted by Gasteiger charge is 2.24. The van der Waals surface area contributed by atoms with Crippen molar-refractivity contribution in [3.05, 3.63) is 16.8 Å². The Morgan fingerprint density at radius 3 is 3.15 bits per heavy atom. The SMILES string of the molecule is C[C@@H]1CCc2sc3nc(NCCC[NH+]4CCOCC4)n4ncnc4c3c2C1. The molecule has 1 aliphatic carbocycles. The molecule has 0 spiro atoms. The number of hydrogen-bond donors (Lipinski definition) is 2. The van der Waals surface area contributed by atoms with Crippen LogP contribution in [0.1, 0.15) is 30.2 Å². The fourth-order valence-corrected chi connectivity index (χ4v) is 5.54. The van der Waals surface area contributed by atoms with E-state index in [4.69, 9.17) is 9.72 Å². The molecule has 1 aliphatic heterocycles. The molecule has 0 radical (unpaired) electrons. The van der Waals surface area contributed by atoms with Crippen LogP contribution in [0.2, 0.25) is 0 Å². The molecule has 1 atom stereocenters. The van der Waals surface area contributed by atoms with Gasteiger partial charge in [0.25, 0.3) is 0 Å². The molecule has 3 aromatic rings. The van der Waals surface area contributed by atoms with Crippen LogP contribution < -0.4 is 10.2 Å². The summed E-state index contributed by atoms with van der Waals surface area (Å²) in [5.74, 6) is 1.55. The monoisotopic (exact) mass is 387 g/mol. The number of quaternary nitrogens is 1. The summed E-state index contributed by atoms with van der Waals surface area (Å²) in [4.78, 5) is 13.7. The number of nitrogens with one attached hydrogen (secondary N) is 2. The number of anilines is 1. The number of nitrogens with zero attached hydrogens (tertiary/aromatic N) is 4. The van der Waals surface area contributed by atoms with Crippen LogP contribution in [-0.4, -0.2) is 59.0 Å². The lowest BCUT2D eigenvalue weighted by atomic mass is 9.89. The third-order valence-electron chi connectivity index (χ3n) is 5.86. The molecule has 1 fully saturated rings. The number of morpholine rings is 1. The first kappa shape index (κ1) is 17.3. The first-order valence-corrected chi connectivity index (χ1v) is 10.9. The Kier molecular flexibility index (Phi) is 4.71. The summed E-state index contributed by atoms with van der Waals surface area (Å²) in [5, 5.41) is 9.18. The van der Waals surface area contributed by atoms with Gasteiger partial charge >= 0.3 is 0 Å². The summed E-state index contributed by atoms with van der Waals surface area (Å²) in [6.45, 7) is 8.44. The zero-order valence-corrected chi connectivity index (χ0v) is 16.6. The second-order valence-corrected chi connectivity index (χ2v) is 8.94. The zero-order valence-electron chi connectivity index (χ0n) is 15.8. The summed E-state index contributed by atoms with van der Waals surface area (Å²) in [6, 6.07) is 0. The maximum Gasteiger partial charge on any atom is 0.227 e. The Balaban J connectivity index is 1.37. The van der Waals surface area contributed by atoms with Gasteiger partial charge in [-0.3, -0.25) is 0 Å². The van der Waals surface area contributed by atoms with E-state index < -0.39 is 0 Å². The number of fused-ring (bicyclic) bond motifs is 5. The Morgan fingerprint density at radius 1 is 1.37 bits per heavy atom. The molecule has 3 aromatic heterocycles. The molecule has 2 aliphatic rings. The molecular formula is C19H27N6OS+. The standard InChI is InChI=1S/C19H26N6OS/c1-13-3-4-15-14(11-13)16-17-21-12-22-25(17)19(23-18(16)27-15)20-5-2-6-24-7-9-26-10-8-24/h12-13H,2-11H2,1H3,(H,20,23)/p+1/t13-/m1/s1. The lowest BCUT2D eigenvalue weighted by Crippen LogP contribution is -3.14. The first-order valence-electron chi connectivity index (χ1n) is 10.1. The van der Waals surface area contributed by atoms with Crippen LogP contribution in [0.15, 0.2) is 6.33 Å². The van der Waals surface area contributed by atoms with Crippen LogP contribution in [0.4, 0.5) is 5.95 Å². The van der Waals surface area contributed by atoms with E-state index >= 15 is 0 Å². The molecule has 27 heavy (non-hydrogen) atoms. The quantitative estimate of drug-likeness (QED) is 0.644. The highest BCUT2D eigenvalue weighted by atomic mass is 32.1. The minimum Gasteiger partial charge on any atom is -0.370 e. The second-order valence-electron chi connectivity index (χ2n) is 7.86. The lowest BCUT2D eigenvalue weighted by molar-refractivity contribution is -0.908. The predicted molar refractivity (Wildman–Crippen MR) is 107 cm³/mol. The molecule has 144 valence electrons. The molecule has 2 N–H and O–H groups in total. The molecule has 5 rings (SSSR count). The van der Waals surface area contributed by atoms with Crippen LogP contribution in [0.3, 0.4) is 0 Å². The number of aromatic nitrogens is 4. The molecule has 7 nitrogen and oxygen atoms in total. The number of aryl methyl sites for hydroxylation is 1. The van der Waals surface area contributed by atoms with Crippen molar-refractivity contribution in [2.45, 2.75) is 32.6 Å². The second kappa shape index (κ2) is 7.33. The van der Waals surface area contributed by atoms with Crippen LogP contribution >= 0.6 is 11.3 Å². The molecule has 0 bridgehead atoms.